The van der Waals surface area contributed by atoms with Gasteiger partial charge in [0, 0.05) is 18.6 Å². The van der Waals surface area contributed by atoms with Gasteiger partial charge in [-0.25, -0.2) is 0 Å². The SMILES string of the molecule is CC1CC(NCC(c2ccccc2)N(C)C)CC(C)O1. The van der Waals surface area contributed by atoms with E-state index in [1.54, 1.807) is 0 Å². The Labute approximate surface area is 123 Å². The summed E-state index contributed by atoms with van der Waals surface area (Å²) in [6, 6.07) is 11.7. The third-order valence-corrected chi connectivity index (χ3v) is 4.11. The fraction of sp³-hybridized carbons (Fsp3) is 0.647. The molecule has 1 N–H and O–H groups in total. The number of hydrogen-bond acceptors (Lipinski definition) is 3. The van der Waals surface area contributed by atoms with Crippen LogP contribution in [0, 0.1) is 0 Å². The monoisotopic (exact) mass is 276 g/mol. The minimum Gasteiger partial charge on any atom is -0.375 e. The normalized spacial score (nSPS) is 28.6. The fourth-order valence-corrected chi connectivity index (χ4v) is 3.12. The van der Waals surface area contributed by atoms with Gasteiger partial charge in [0.25, 0.3) is 0 Å². The molecule has 1 fully saturated rings. The molecule has 1 aliphatic heterocycles. The van der Waals surface area contributed by atoms with Crippen LogP contribution in [-0.2, 0) is 4.74 Å². The van der Waals surface area contributed by atoms with Crippen molar-refractivity contribution in [3.63, 3.8) is 0 Å². The van der Waals surface area contributed by atoms with E-state index in [0.29, 0.717) is 24.3 Å². The van der Waals surface area contributed by atoms with Gasteiger partial charge >= 0.3 is 0 Å². The molecule has 0 saturated carbocycles. The van der Waals surface area contributed by atoms with E-state index < -0.39 is 0 Å². The molecule has 0 spiro atoms. The first-order valence-electron chi connectivity index (χ1n) is 7.66. The van der Waals surface area contributed by atoms with E-state index >= 15 is 0 Å². The van der Waals surface area contributed by atoms with Gasteiger partial charge in [-0.05, 0) is 46.3 Å². The molecular formula is C17H28N2O. The van der Waals surface area contributed by atoms with Crippen molar-refractivity contribution >= 4 is 0 Å². The number of nitrogens with zero attached hydrogens (tertiary/aromatic N) is 1. The summed E-state index contributed by atoms with van der Waals surface area (Å²) in [5.74, 6) is 0. The van der Waals surface area contributed by atoms with Crippen LogP contribution in [0.4, 0.5) is 0 Å². The highest BCUT2D eigenvalue weighted by Gasteiger charge is 2.25. The summed E-state index contributed by atoms with van der Waals surface area (Å²) < 4.78 is 5.80. The van der Waals surface area contributed by atoms with E-state index in [0.717, 1.165) is 19.4 Å². The van der Waals surface area contributed by atoms with Gasteiger partial charge in [0.2, 0.25) is 0 Å². The van der Waals surface area contributed by atoms with Gasteiger partial charge in [0.1, 0.15) is 0 Å². The molecule has 1 aromatic carbocycles. The Morgan fingerprint density at radius 2 is 1.75 bits per heavy atom. The van der Waals surface area contributed by atoms with Gasteiger partial charge in [-0.3, -0.25) is 0 Å². The van der Waals surface area contributed by atoms with Crippen molar-refractivity contribution < 1.29 is 4.74 Å². The van der Waals surface area contributed by atoms with Crippen LogP contribution >= 0.6 is 0 Å². The van der Waals surface area contributed by atoms with E-state index in [2.05, 4.69) is 68.5 Å². The molecule has 0 amide bonds. The van der Waals surface area contributed by atoms with Gasteiger partial charge in [-0.1, -0.05) is 30.3 Å². The smallest absolute Gasteiger partial charge is 0.0565 e. The van der Waals surface area contributed by atoms with Crippen LogP contribution in [-0.4, -0.2) is 43.8 Å². The summed E-state index contributed by atoms with van der Waals surface area (Å²) in [6.07, 6.45) is 2.95. The molecule has 0 aromatic heterocycles. The maximum Gasteiger partial charge on any atom is 0.0565 e. The van der Waals surface area contributed by atoms with Crippen molar-refractivity contribution in [3.8, 4) is 0 Å². The average molecular weight is 276 g/mol. The van der Waals surface area contributed by atoms with Crippen LogP contribution < -0.4 is 5.32 Å². The molecule has 1 heterocycles. The minimum absolute atomic E-state index is 0.366. The maximum absolute atomic E-state index is 5.80. The molecule has 1 aromatic rings. The largest absolute Gasteiger partial charge is 0.375 e. The number of rotatable bonds is 5. The first-order chi connectivity index (χ1) is 9.56. The highest BCUT2D eigenvalue weighted by atomic mass is 16.5. The maximum atomic E-state index is 5.80. The van der Waals surface area contributed by atoms with Crippen molar-refractivity contribution in [1.82, 2.24) is 10.2 Å². The number of hydrogen-bond donors (Lipinski definition) is 1. The fourth-order valence-electron chi connectivity index (χ4n) is 3.12. The van der Waals surface area contributed by atoms with Crippen LogP contribution in [0.25, 0.3) is 0 Å². The number of nitrogens with one attached hydrogen (secondary N) is 1. The van der Waals surface area contributed by atoms with E-state index in [4.69, 9.17) is 4.74 Å². The van der Waals surface area contributed by atoms with Crippen molar-refractivity contribution in [3.05, 3.63) is 35.9 Å². The van der Waals surface area contributed by atoms with Crippen LogP contribution in [0.5, 0.6) is 0 Å². The van der Waals surface area contributed by atoms with Crippen molar-refractivity contribution in [2.45, 2.75) is 51.0 Å². The highest BCUT2D eigenvalue weighted by Crippen LogP contribution is 2.21. The zero-order chi connectivity index (χ0) is 14.5. The molecule has 112 valence electrons. The molecule has 0 aliphatic carbocycles. The van der Waals surface area contributed by atoms with Crippen LogP contribution in [0.2, 0.25) is 0 Å². The summed E-state index contributed by atoms with van der Waals surface area (Å²) in [5.41, 5.74) is 1.37. The predicted octanol–water partition coefficient (Wildman–Crippen LogP) is 2.83. The first kappa shape index (κ1) is 15.5. The number of likely N-dealkylation sites (N-methyl/N-ethyl adjacent to an activating group) is 1. The second-order valence-electron chi connectivity index (χ2n) is 6.22. The number of benzene rings is 1. The molecule has 1 aliphatic rings. The lowest BCUT2D eigenvalue weighted by atomic mass is 9.98. The van der Waals surface area contributed by atoms with Crippen molar-refractivity contribution in [1.29, 1.82) is 0 Å². The van der Waals surface area contributed by atoms with Crippen LogP contribution in [0.1, 0.15) is 38.3 Å². The Hall–Kier alpha value is -0.900. The Morgan fingerprint density at radius 1 is 1.15 bits per heavy atom. The van der Waals surface area contributed by atoms with Crippen molar-refractivity contribution in [2.75, 3.05) is 20.6 Å². The Bertz CT molecular complexity index is 383. The third-order valence-electron chi connectivity index (χ3n) is 4.11. The molecule has 20 heavy (non-hydrogen) atoms. The quantitative estimate of drug-likeness (QED) is 0.895. The predicted molar refractivity (Wildman–Crippen MR) is 83.9 cm³/mol. The molecule has 3 nitrogen and oxygen atoms in total. The van der Waals surface area contributed by atoms with Gasteiger partial charge in [0.05, 0.1) is 12.2 Å². The zero-order valence-corrected chi connectivity index (χ0v) is 13.2. The Balaban J connectivity index is 1.93. The zero-order valence-electron chi connectivity index (χ0n) is 13.2. The van der Waals surface area contributed by atoms with Crippen LogP contribution in [0.3, 0.4) is 0 Å². The topological polar surface area (TPSA) is 24.5 Å². The first-order valence-corrected chi connectivity index (χ1v) is 7.66. The molecule has 0 bridgehead atoms. The lowest BCUT2D eigenvalue weighted by Crippen LogP contribution is -2.44. The van der Waals surface area contributed by atoms with Crippen molar-refractivity contribution in [2.24, 2.45) is 0 Å². The molecule has 3 atom stereocenters. The second-order valence-corrected chi connectivity index (χ2v) is 6.22. The summed E-state index contributed by atoms with van der Waals surface area (Å²) in [5, 5.41) is 3.74. The van der Waals surface area contributed by atoms with E-state index in [1.807, 2.05) is 0 Å². The molecular weight excluding hydrogens is 248 g/mol. The number of ether oxygens (including phenoxy) is 1. The highest BCUT2D eigenvalue weighted by molar-refractivity contribution is 5.19. The lowest BCUT2D eigenvalue weighted by molar-refractivity contribution is -0.0426. The second kappa shape index (κ2) is 7.21. The van der Waals surface area contributed by atoms with Gasteiger partial charge in [-0.2, -0.15) is 0 Å². The molecule has 1 saturated heterocycles. The third kappa shape index (κ3) is 4.30. The van der Waals surface area contributed by atoms with Gasteiger partial charge in [-0.15, -0.1) is 0 Å². The van der Waals surface area contributed by atoms with E-state index in [9.17, 15) is 0 Å². The summed E-state index contributed by atoms with van der Waals surface area (Å²) >= 11 is 0. The summed E-state index contributed by atoms with van der Waals surface area (Å²) in [7, 11) is 4.29. The summed E-state index contributed by atoms with van der Waals surface area (Å²) in [4.78, 5) is 2.29. The average Bonchev–Trinajstić information content (AvgIpc) is 2.38. The minimum atomic E-state index is 0.366. The standard InChI is InChI=1S/C17H28N2O/c1-13-10-16(11-14(2)20-13)18-12-17(19(3)4)15-8-6-5-7-9-15/h5-9,13-14,16-18H,10-12H2,1-4H3. The molecule has 2 rings (SSSR count). The molecule has 3 unspecified atom stereocenters. The van der Waals surface area contributed by atoms with E-state index in [-0.39, 0.29) is 0 Å². The molecule has 0 radical (unpaired) electrons. The van der Waals surface area contributed by atoms with Gasteiger partial charge in [0.15, 0.2) is 0 Å². The Morgan fingerprint density at radius 3 is 2.30 bits per heavy atom. The molecule has 3 heteroatoms. The van der Waals surface area contributed by atoms with Crippen LogP contribution in [0.15, 0.2) is 30.3 Å². The Kier molecular flexibility index (Phi) is 5.58. The lowest BCUT2D eigenvalue weighted by Gasteiger charge is -2.34. The van der Waals surface area contributed by atoms with E-state index in [1.165, 1.54) is 5.56 Å². The summed E-state index contributed by atoms with van der Waals surface area (Å²) in [6.45, 7) is 5.33. The van der Waals surface area contributed by atoms with Gasteiger partial charge < -0.3 is 15.0 Å².